The Bertz CT molecular complexity index is 1640. The highest BCUT2D eigenvalue weighted by Crippen LogP contribution is 2.41. The number of nitrogens with zero attached hydrogens (tertiary/aromatic N) is 1. The van der Waals surface area contributed by atoms with Crippen molar-refractivity contribution in [2.45, 2.75) is 70.5 Å². The summed E-state index contributed by atoms with van der Waals surface area (Å²) in [5.74, 6) is 0.794. The van der Waals surface area contributed by atoms with Crippen molar-refractivity contribution in [2.24, 2.45) is 11.8 Å². The van der Waals surface area contributed by atoms with Crippen molar-refractivity contribution >= 4 is 22.6 Å². The Kier molecular flexibility index (Phi) is 8.08. The number of rotatable bonds is 8. The van der Waals surface area contributed by atoms with E-state index in [1.165, 1.54) is 12.3 Å². The van der Waals surface area contributed by atoms with E-state index in [2.05, 4.69) is 17.2 Å². The Hall–Kier alpha value is -4.00. The molecule has 1 amide bonds. The number of amides is 1. The minimum atomic E-state index is -4.63. The van der Waals surface area contributed by atoms with Gasteiger partial charge < -0.3 is 5.32 Å². The molecule has 0 aliphatic heterocycles. The molecule has 4 aromatic rings. The lowest BCUT2D eigenvalue weighted by molar-refractivity contribution is -0.137. The van der Waals surface area contributed by atoms with E-state index in [0.29, 0.717) is 52.3 Å². The fourth-order valence-corrected chi connectivity index (χ4v) is 6.17. The number of carbonyl (C=O) groups is 2. The molecular weight excluding hydrogens is 549 g/mol. The summed E-state index contributed by atoms with van der Waals surface area (Å²) >= 11 is 0. The fraction of sp³-hybridized carbons (Fsp3) is 0.361. The van der Waals surface area contributed by atoms with Gasteiger partial charge in [-0.15, -0.1) is 0 Å². The Morgan fingerprint density at radius 2 is 1.60 bits per heavy atom. The minimum Gasteiger partial charge on any atom is -0.349 e. The van der Waals surface area contributed by atoms with Gasteiger partial charge >= 0.3 is 6.18 Å². The largest absolute Gasteiger partial charge is 0.417 e. The summed E-state index contributed by atoms with van der Waals surface area (Å²) in [6.07, 6.45) is 3.69. The van der Waals surface area contributed by atoms with Crippen LogP contribution in [-0.4, -0.2) is 22.7 Å². The van der Waals surface area contributed by atoms with E-state index in [-0.39, 0.29) is 28.8 Å². The number of benzene rings is 3. The molecule has 2 aliphatic rings. The molecule has 2 aliphatic carbocycles. The lowest BCUT2D eigenvalue weighted by Gasteiger charge is -2.26. The van der Waals surface area contributed by atoms with E-state index < -0.39 is 11.7 Å². The summed E-state index contributed by atoms with van der Waals surface area (Å²) in [7, 11) is 0. The molecule has 0 spiro atoms. The maximum atomic E-state index is 14.4. The van der Waals surface area contributed by atoms with E-state index in [9.17, 15) is 22.8 Å². The zero-order valence-corrected chi connectivity index (χ0v) is 24.2. The lowest BCUT2D eigenvalue weighted by atomic mass is 9.87. The van der Waals surface area contributed by atoms with Gasteiger partial charge in [0.25, 0.3) is 5.91 Å². The molecule has 1 aromatic heterocycles. The Balaban J connectivity index is 1.40. The number of halogens is 3. The number of hydrogen-bond acceptors (Lipinski definition) is 3. The summed E-state index contributed by atoms with van der Waals surface area (Å²) in [4.78, 5) is 30.6. The Morgan fingerprint density at radius 1 is 0.907 bits per heavy atom. The van der Waals surface area contributed by atoms with Crippen LogP contribution in [0.1, 0.15) is 89.3 Å². The van der Waals surface area contributed by atoms with Crippen LogP contribution in [0, 0.1) is 11.8 Å². The van der Waals surface area contributed by atoms with Gasteiger partial charge in [-0.05, 0) is 103 Å². The van der Waals surface area contributed by atoms with Gasteiger partial charge in [-0.2, -0.15) is 13.2 Å². The number of Topliss-reactive ketones (excluding diaryl/α,β-unsaturated/α-hetero) is 1. The molecule has 222 valence electrons. The van der Waals surface area contributed by atoms with Gasteiger partial charge in [0.05, 0.1) is 11.1 Å². The van der Waals surface area contributed by atoms with E-state index in [4.69, 9.17) is 0 Å². The third-order valence-electron chi connectivity index (χ3n) is 8.93. The second-order valence-corrected chi connectivity index (χ2v) is 12.3. The monoisotopic (exact) mass is 584 g/mol. The van der Waals surface area contributed by atoms with Crippen molar-refractivity contribution in [1.82, 2.24) is 10.3 Å². The number of hydrogen-bond donors (Lipinski definition) is 1. The maximum absolute atomic E-state index is 14.4. The third-order valence-corrected chi connectivity index (χ3v) is 8.93. The number of carbonyl (C=O) groups excluding carboxylic acids is 2. The van der Waals surface area contributed by atoms with Crippen LogP contribution < -0.4 is 5.32 Å². The first kappa shape index (κ1) is 29.1. The molecule has 7 heteroatoms. The van der Waals surface area contributed by atoms with E-state index in [1.54, 1.807) is 24.3 Å². The van der Waals surface area contributed by atoms with Crippen LogP contribution in [-0.2, 0) is 12.6 Å². The van der Waals surface area contributed by atoms with Crippen LogP contribution in [0.15, 0.2) is 72.9 Å². The number of ketones is 1. The molecule has 6 rings (SSSR count). The van der Waals surface area contributed by atoms with Gasteiger partial charge in [0, 0.05) is 35.2 Å². The molecule has 1 N–H and O–H groups in total. The first-order valence-corrected chi connectivity index (χ1v) is 15.2. The number of aromatic nitrogens is 1. The highest BCUT2D eigenvalue weighted by Gasteiger charge is 2.35. The SMILES string of the molecule is CC1CCC(NC(=O)c2ccc(-c3cc4c(Cc5ccccc5)c(C(=O)CC5CC5)cnc4cc3C(F)(F)F)cc2)CC1. The summed E-state index contributed by atoms with van der Waals surface area (Å²) in [5, 5.41) is 3.61. The summed E-state index contributed by atoms with van der Waals surface area (Å²) in [6.45, 7) is 2.21. The highest BCUT2D eigenvalue weighted by molar-refractivity contribution is 6.03. The lowest BCUT2D eigenvalue weighted by Crippen LogP contribution is -2.37. The second kappa shape index (κ2) is 11.9. The average Bonchev–Trinajstić information content (AvgIpc) is 3.82. The highest BCUT2D eigenvalue weighted by atomic mass is 19.4. The van der Waals surface area contributed by atoms with Crippen LogP contribution in [0.3, 0.4) is 0 Å². The molecule has 0 saturated heterocycles. The van der Waals surface area contributed by atoms with Gasteiger partial charge in [-0.3, -0.25) is 14.6 Å². The van der Waals surface area contributed by atoms with E-state index in [1.807, 2.05) is 30.3 Å². The van der Waals surface area contributed by atoms with Gasteiger partial charge in [-0.25, -0.2) is 0 Å². The number of alkyl halides is 3. The molecule has 1 heterocycles. The zero-order valence-electron chi connectivity index (χ0n) is 24.2. The third kappa shape index (κ3) is 6.66. The van der Waals surface area contributed by atoms with Gasteiger partial charge in [-0.1, -0.05) is 49.4 Å². The molecule has 0 radical (unpaired) electrons. The molecule has 4 nitrogen and oxygen atoms in total. The molecular formula is C36H35F3N2O2. The van der Waals surface area contributed by atoms with Crippen molar-refractivity contribution in [3.63, 3.8) is 0 Å². The van der Waals surface area contributed by atoms with Crippen LogP contribution in [0.5, 0.6) is 0 Å². The van der Waals surface area contributed by atoms with Crippen LogP contribution in [0.4, 0.5) is 13.2 Å². The summed E-state index contributed by atoms with van der Waals surface area (Å²) < 4.78 is 43.3. The summed E-state index contributed by atoms with van der Waals surface area (Å²) in [5.41, 5.74) is 2.27. The zero-order chi connectivity index (χ0) is 30.1. The second-order valence-electron chi connectivity index (χ2n) is 12.3. The molecule has 0 bridgehead atoms. The van der Waals surface area contributed by atoms with Crippen LogP contribution in [0.25, 0.3) is 22.0 Å². The normalized spacial score (nSPS) is 18.9. The van der Waals surface area contributed by atoms with Crippen molar-refractivity contribution in [3.8, 4) is 11.1 Å². The van der Waals surface area contributed by atoms with E-state index >= 15 is 0 Å². The first-order valence-electron chi connectivity index (χ1n) is 15.2. The summed E-state index contributed by atoms with van der Waals surface area (Å²) in [6, 6.07) is 18.6. The van der Waals surface area contributed by atoms with Crippen molar-refractivity contribution < 1.29 is 22.8 Å². The van der Waals surface area contributed by atoms with Crippen molar-refractivity contribution in [1.29, 1.82) is 0 Å². The number of pyridine rings is 1. The molecule has 43 heavy (non-hydrogen) atoms. The smallest absolute Gasteiger partial charge is 0.349 e. The molecule has 2 saturated carbocycles. The Labute approximate surface area is 249 Å². The maximum Gasteiger partial charge on any atom is 0.417 e. The van der Waals surface area contributed by atoms with Gasteiger partial charge in [0.15, 0.2) is 5.78 Å². The van der Waals surface area contributed by atoms with Crippen molar-refractivity contribution in [3.05, 3.63) is 101 Å². The van der Waals surface area contributed by atoms with Crippen LogP contribution >= 0.6 is 0 Å². The Morgan fingerprint density at radius 3 is 2.26 bits per heavy atom. The molecule has 0 atom stereocenters. The van der Waals surface area contributed by atoms with Gasteiger partial charge in [0.1, 0.15) is 0 Å². The van der Waals surface area contributed by atoms with Crippen molar-refractivity contribution in [2.75, 3.05) is 0 Å². The molecule has 3 aromatic carbocycles. The van der Waals surface area contributed by atoms with Gasteiger partial charge in [0.2, 0.25) is 0 Å². The topological polar surface area (TPSA) is 59.1 Å². The predicted molar refractivity (Wildman–Crippen MR) is 162 cm³/mol. The average molecular weight is 585 g/mol. The number of fused-ring (bicyclic) bond motifs is 1. The quantitative estimate of drug-likeness (QED) is 0.211. The minimum absolute atomic E-state index is 0.00358. The number of nitrogens with one attached hydrogen (secondary N) is 1. The van der Waals surface area contributed by atoms with Crippen LogP contribution in [0.2, 0.25) is 0 Å². The molecule has 2 fully saturated rings. The van der Waals surface area contributed by atoms with E-state index in [0.717, 1.165) is 50.2 Å². The first-order chi connectivity index (χ1) is 20.7. The fourth-order valence-electron chi connectivity index (χ4n) is 6.17. The predicted octanol–water partition coefficient (Wildman–Crippen LogP) is 8.80. The standard InChI is InChI=1S/C36H35F3N2O2/c1-22-7-15-27(16-8-22)41-35(43)26-13-11-25(12-14-26)28-19-30-29(17-23-5-3-2-4-6-23)31(34(42)18-24-9-10-24)21-40-33(30)20-32(28)36(37,38)39/h2-6,11-14,19-22,24,27H,7-10,15-18H2,1H3,(H,41,43). The molecule has 0 unspecified atom stereocenters.